The van der Waals surface area contributed by atoms with Gasteiger partial charge in [-0.3, -0.25) is 9.78 Å². The van der Waals surface area contributed by atoms with Gasteiger partial charge in [0.2, 0.25) is 5.91 Å². The fourth-order valence-electron chi connectivity index (χ4n) is 3.87. The van der Waals surface area contributed by atoms with E-state index in [-0.39, 0.29) is 31.5 Å². The third kappa shape index (κ3) is 4.87. The normalized spacial score (nSPS) is 15.6. The Kier molecular flexibility index (Phi) is 6.94. The number of likely N-dealkylation sites (N-methyl/N-ethyl adjacent to an activating group) is 1. The van der Waals surface area contributed by atoms with E-state index in [0.29, 0.717) is 29.9 Å². The van der Waals surface area contributed by atoms with Gasteiger partial charge in [0.1, 0.15) is 11.9 Å². The third-order valence-electron chi connectivity index (χ3n) is 5.76. The van der Waals surface area contributed by atoms with E-state index in [1.807, 2.05) is 31.9 Å². The van der Waals surface area contributed by atoms with Crippen molar-refractivity contribution in [3.63, 3.8) is 0 Å². The zero-order chi connectivity index (χ0) is 23.9. The van der Waals surface area contributed by atoms with Gasteiger partial charge in [0.25, 0.3) is 0 Å². The van der Waals surface area contributed by atoms with Gasteiger partial charge in [-0.1, -0.05) is 24.8 Å². The number of fused-ring (bicyclic) bond motifs is 1. The van der Waals surface area contributed by atoms with Gasteiger partial charge < -0.3 is 10.2 Å². The van der Waals surface area contributed by atoms with Gasteiger partial charge in [0.15, 0.2) is 0 Å². The van der Waals surface area contributed by atoms with Crippen LogP contribution < -0.4 is 10.2 Å². The molecule has 0 fully saturated rings. The number of benzene rings is 1. The molecule has 3 heterocycles. The predicted octanol–water partition coefficient (Wildman–Crippen LogP) is 4.39. The van der Waals surface area contributed by atoms with Crippen molar-refractivity contribution >= 4 is 17.3 Å². The molecule has 0 unspecified atom stereocenters. The van der Waals surface area contributed by atoms with E-state index in [4.69, 9.17) is 0 Å². The third-order valence-corrected chi connectivity index (χ3v) is 5.76. The van der Waals surface area contributed by atoms with Crippen LogP contribution in [0.1, 0.15) is 42.6 Å². The number of alkyl halides is 3. The zero-order valence-corrected chi connectivity index (χ0v) is 18.2. The van der Waals surface area contributed by atoms with Crippen molar-refractivity contribution in [2.24, 2.45) is 0 Å². The van der Waals surface area contributed by atoms with Crippen molar-refractivity contribution in [2.75, 3.05) is 17.3 Å². The van der Waals surface area contributed by atoms with Gasteiger partial charge in [0.05, 0.1) is 34.9 Å². The summed E-state index contributed by atoms with van der Waals surface area (Å²) < 4.78 is 54.7. The number of anilines is 2. The van der Waals surface area contributed by atoms with Crippen molar-refractivity contribution in [3.05, 3.63) is 64.5 Å². The number of carbonyl (C=O) groups is 1. The number of halogens is 4. The lowest BCUT2D eigenvalue weighted by Crippen LogP contribution is -2.44. The summed E-state index contributed by atoms with van der Waals surface area (Å²) in [6.45, 7) is 3.38. The molecule has 1 amide bonds. The van der Waals surface area contributed by atoms with Crippen molar-refractivity contribution in [1.29, 1.82) is 0 Å². The lowest BCUT2D eigenvalue weighted by atomic mass is 10.1. The molecule has 1 N–H and O–H groups in total. The summed E-state index contributed by atoms with van der Waals surface area (Å²) in [5.41, 5.74) is 2.12. The van der Waals surface area contributed by atoms with E-state index in [1.165, 1.54) is 16.8 Å². The van der Waals surface area contributed by atoms with Crippen LogP contribution in [0.4, 0.5) is 28.9 Å². The fraction of sp³-hybridized carbons (Fsp3) is 0.391. The number of hydrogen-bond acceptors (Lipinski definition) is 5. The largest absolute Gasteiger partial charge is 0.419 e. The second-order valence-electron chi connectivity index (χ2n) is 8.05. The Labute approximate surface area is 194 Å². The Morgan fingerprint density at radius 2 is 1.88 bits per heavy atom. The van der Waals surface area contributed by atoms with Crippen LogP contribution in [0.3, 0.4) is 0 Å². The summed E-state index contributed by atoms with van der Waals surface area (Å²) in [5.74, 6) is -1.41. The summed E-state index contributed by atoms with van der Waals surface area (Å²) >= 11 is 0. The number of nitrogens with one attached hydrogen (secondary N) is 1. The average molecular weight is 478 g/mol. The molecule has 0 spiro atoms. The van der Waals surface area contributed by atoms with Crippen LogP contribution in [0.25, 0.3) is 0 Å². The number of amides is 1. The average Bonchev–Trinajstić information content (AvgIpc) is 3.18. The van der Waals surface area contributed by atoms with Crippen LogP contribution in [0.15, 0.2) is 30.5 Å². The number of rotatable bonds is 5. The van der Waals surface area contributed by atoms with Gasteiger partial charge in [-0.15, -0.1) is 5.10 Å². The highest BCUT2D eigenvalue weighted by Gasteiger charge is 2.36. The maximum absolute atomic E-state index is 13.8. The summed E-state index contributed by atoms with van der Waals surface area (Å²) in [4.78, 5) is 18.5. The maximum Gasteiger partial charge on any atom is 0.419 e. The number of hydrogen-bond donors (Lipinski definition) is 1. The Morgan fingerprint density at radius 3 is 2.59 bits per heavy atom. The smallest absolute Gasteiger partial charge is 0.361 e. The molecule has 3 aromatic rings. The molecule has 0 saturated carbocycles. The van der Waals surface area contributed by atoms with Gasteiger partial charge in [-0.05, 0) is 44.4 Å². The monoisotopic (exact) mass is 478 g/mol. The van der Waals surface area contributed by atoms with E-state index in [9.17, 15) is 22.4 Å². The summed E-state index contributed by atoms with van der Waals surface area (Å²) in [5, 5.41) is 10.8. The number of pyridine rings is 1. The number of nitrogens with zero attached hydrogens (tertiary/aromatic N) is 5. The molecule has 1 atom stereocenters. The number of aryl methyl sites for hydroxylation is 3. The first-order valence-corrected chi connectivity index (χ1v) is 10.3. The SMILES string of the molecule is C.Cc1nc(CCc2cn(Cc3cccc(F)c3C(F)(F)F)nn2)cc2c1NC(=O)[C@H](C)N2C. The predicted molar refractivity (Wildman–Crippen MR) is 120 cm³/mol. The van der Waals surface area contributed by atoms with E-state index < -0.39 is 17.6 Å². The zero-order valence-electron chi connectivity index (χ0n) is 18.2. The minimum atomic E-state index is -4.80. The topological polar surface area (TPSA) is 75.9 Å². The van der Waals surface area contributed by atoms with E-state index >= 15 is 0 Å². The highest BCUT2D eigenvalue weighted by molar-refractivity contribution is 6.03. The molecule has 0 aliphatic carbocycles. The van der Waals surface area contributed by atoms with Crippen molar-refractivity contribution < 1.29 is 22.4 Å². The lowest BCUT2D eigenvalue weighted by molar-refractivity contribution is -0.140. The molecule has 0 radical (unpaired) electrons. The standard InChI is InChI=1S/C22H22F4N6O.CH4/c1-12-20-18(31(3)13(2)21(33)28-20)9-15(27-12)7-8-16-11-32(30-29-16)10-14-5-4-6-17(23)19(14)22(24,25)26;/h4-6,9,11,13H,7-8,10H2,1-3H3,(H,28,33);1H4/t13-;/m0./s1. The molecule has 7 nitrogen and oxygen atoms in total. The van der Waals surface area contributed by atoms with Gasteiger partial charge in [-0.25, -0.2) is 9.07 Å². The van der Waals surface area contributed by atoms with Crippen LogP contribution in [0.2, 0.25) is 0 Å². The number of aromatic nitrogens is 4. The Morgan fingerprint density at radius 1 is 1.18 bits per heavy atom. The number of carbonyl (C=O) groups excluding carboxylic acids is 1. The summed E-state index contributed by atoms with van der Waals surface area (Å²) in [6.07, 6.45) is -2.27. The Bertz CT molecular complexity index is 1210. The van der Waals surface area contributed by atoms with E-state index in [0.717, 1.165) is 17.4 Å². The van der Waals surface area contributed by atoms with Gasteiger partial charge >= 0.3 is 6.18 Å². The molecule has 0 bridgehead atoms. The second kappa shape index (κ2) is 9.40. The molecular formula is C23H26F4N6O. The second-order valence-corrected chi connectivity index (χ2v) is 8.05. The molecule has 1 aliphatic heterocycles. The summed E-state index contributed by atoms with van der Waals surface area (Å²) in [7, 11) is 1.85. The first-order chi connectivity index (χ1) is 15.5. The molecule has 1 aromatic carbocycles. The van der Waals surface area contributed by atoms with Crippen LogP contribution >= 0.6 is 0 Å². The van der Waals surface area contributed by atoms with Crippen LogP contribution in [0.5, 0.6) is 0 Å². The van der Waals surface area contributed by atoms with Crippen LogP contribution in [0, 0.1) is 12.7 Å². The lowest BCUT2D eigenvalue weighted by Gasteiger charge is -2.34. The van der Waals surface area contributed by atoms with E-state index in [2.05, 4.69) is 20.6 Å². The molecule has 34 heavy (non-hydrogen) atoms. The molecular weight excluding hydrogens is 452 g/mol. The van der Waals surface area contributed by atoms with Crippen molar-refractivity contribution in [3.8, 4) is 0 Å². The highest BCUT2D eigenvalue weighted by atomic mass is 19.4. The highest BCUT2D eigenvalue weighted by Crippen LogP contribution is 2.35. The molecule has 182 valence electrons. The molecule has 4 rings (SSSR count). The minimum absolute atomic E-state index is 0. The van der Waals surface area contributed by atoms with Gasteiger partial charge in [0, 0.05) is 18.9 Å². The molecule has 11 heteroatoms. The first-order valence-electron chi connectivity index (χ1n) is 10.3. The molecule has 0 saturated heterocycles. The van der Waals surface area contributed by atoms with Gasteiger partial charge in [-0.2, -0.15) is 13.2 Å². The minimum Gasteiger partial charge on any atom is -0.361 e. The fourth-order valence-corrected chi connectivity index (χ4v) is 3.87. The molecule has 1 aliphatic rings. The Balaban J connectivity index is 0.00000324. The first kappa shape index (κ1) is 25.1. The summed E-state index contributed by atoms with van der Waals surface area (Å²) in [6, 6.07) is 4.85. The van der Waals surface area contributed by atoms with E-state index in [1.54, 1.807) is 6.20 Å². The van der Waals surface area contributed by atoms with Crippen LogP contribution in [-0.4, -0.2) is 39.0 Å². The van der Waals surface area contributed by atoms with Crippen molar-refractivity contribution in [1.82, 2.24) is 20.0 Å². The Hall–Kier alpha value is -3.50. The molecule has 2 aromatic heterocycles. The quantitative estimate of drug-likeness (QED) is 0.551. The maximum atomic E-state index is 13.8. The van der Waals surface area contributed by atoms with Crippen LogP contribution in [-0.2, 0) is 30.4 Å². The van der Waals surface area contributed by atoms with Crippen molar-refractivity contribution in [2.45, 2.75) is 52.9 Å².